The van der Waals surface area contributed by atoms with Crippen LogP contribution in [0.3, 0.4) is 0 Å². The molecule has 7 saturated heterocycles. The number of hydrogen-bond donors (Lipinski definition) is 2. The molecule has 466 valence electrons. The number of carbonyl (C=O) groups excluding carboxylic acids is 1. The largest absolute Gasteiger partial charge is 0.508 e. The van der Waals surface area contributed by atoms with E-state index in [4.69, 9.17) is 24.2 Å². The van der Waals surface area contributed by atoms with Crippen molar-refractivity contribution in [3.8, 4) is 46.0 Å². The first-order valence-electron chi connectivity index (χ1n) is 31.7. The Balaban J connectivity index is 0.000000157. The SMILES string of the molecule is CC(C)(C)OC(=O)N1C2CCC1CN(c1nc(OC[C@]34CCCN3C[C@@H](F)C4)nc3c(F)c(-c4cc(O)cc5ccccc45)ncc13)C2.Oc1cc(-c2ncc3c(N4CC5CCC(C5)C4)nc(OC[C@]45CCCN4C[C@@H](F)C5)nc3c2F)c2ccccc2c1.[2HH]. The molecule has 7 aliphatic heterocycles. The lowest BCUT2D eigenvalue weighted by Gasteiger charge is -2.42. The Morgan fingerprint density at radius 3 is 1.55 bits per heavy atom. The third-order valence-corrected chi connectivity index (χ3v) is 20.2. The van der Waals surface area contributed by atoms with Crippen LogP contribution in [0.2, 0.25) is 0 Å². The van der Waals surface area contributed by atoms with Gasteiger partial charge in [-0.15, -0.1) is 0 Å². The van der Waals surface area contributed by atoms with E-state index in [1.807, 2.05) is 74.2 Å². The number of alkyl halides is 2. The first-order chi connectivity index (χ1) is 42.9. The van der Waals surface area contributed by atoms with Gasteiger partial charge in [-0.25, -0.2) is 22.4 Å². The van der Waals surface area contributed by atoms with Crippen molar-refractivity contribution in [2.45, 2.75) is 133 Å². The molecule has 89 heavy (non-hydrogen) atoms. The molecule has 4 bridgehead atoms. The monoisotopic (exact) mass is 1220 g/mol. The molecule has 11 heterocycles. The number of aromatic nitrogens is 6. The number of fused-ring (bicyclic) bond motifs is 10. The molecule has 4 aromatic heterocycles. The number of carbonyl (C=O) groups is 1. The van der Waals surface area contributed by atoms with Crippen molar-refractivity contribution >= 4 is 61.1 Å². The number of rotatable bonds is 10. The molecule has 21 heteroatoms. The zero-order valence-electron chi connectivity index (χ0n) is 50.4. The molecular weight excluding hydrogens is 1140 g/mol. The molecule has 8 atom stereocenters. The lowest BCUT2D eigenvalue weighted by molar-refractivity contribution is 0.0122. The van der Waals surface area contributed by atoms with E-state index in [-0.39, 0.29) is 84.3 Å². The standard InChI is InChI=1S/C36H40F2N6O4.C32H33F2N5O2.H2/c1-35(2,3)48-34(46)44-23-9-10-24(44)19-42(18-23)32-28-16-39-30(27-14-25(45)13-21-7-4-5-8-26(21)27)29(38)31(28)40-33(41-32)47-20-36-11-6-12-43(36)17-22(37)15-36;33-22-13-32(8-3-9-39(32)17-22)18-41-31-36-29-26(30(37-31)38-15-19-6-7-20(10-19)16-38)14-35-28(27(29)34)25-12-23(40)11-21-4-1-2-5-24(21)25;/h4-5,7-8,13-14,16,22-24,45H,6,9-12,15,17-20H2,1-3H3;1-2,4-5,11-12,14,19-20,22,40H,3,6-10,13,15-18H2;1H/t22-,23?,24?,36+;19?,20?,22-,32+;/m00./s1/i;;1+1. The molecule has 0 radical (unpaired) electrons. The van der Waals surface area contributed by atoms with Crippen LogP contribution in [0.25, 0.3) is 65.9 Å². The fourth-order valence-corrected chi connectivity index (χ4v) is 16.4. The summed E-state index contributed by atoms with van der Waals surface area (Å²) in [5.74, 6) is 1.14. The van der Waals surface area contributed by atoms with Gasteiger partial charge in [0.2, 0.25) is 0 Å². The quantitative estimate of drug-likeness (QED) is 0.123. The Hall–Kier alpha value is -7.91. The van der Waals surface area contributed by atoms with Crippen LogP contribution in [-0.2, 0) is 4.74 Å². The van der Waals surface area contributed by atoms with Gasteiger partial charge >= 0.3 is 18.1 Å². The minimum absolute atomic E-state index is 0. The molecule has 8 fully saturated rings. The van der Waals surface area contributed by atoms with E-state index in [9.17, 15) is 23.8 Å². The number of amides is 1. The number of phenols is 2. The number of benzene rings is 4. The van der Waals surface area contributed by atoms with Gasteiger partial charge in [0.25, 0.3) is 0 Å². The van der Waals surface area contributed by atoms with Crippen LogP contribution in [0, 0.1) is 23.5 Å². The number of piperidine rings is 1. The van der Waals surface area contributed by atoms with E-state index in [2.05, 4.69) is 39.5 Å². The van der Waals surface area contributed by atoms with Gasteiger partial charge in [-0.3, -0.25) is 24.7 Å². The third-order valence-electron chi connectivity index (χ3n) is 20.2. The maximum atomic E-state index is 16.8. The summed E-state index contributed by atoms with van der Waals surface area (Å²) in [5.41, 5.74) is -0.0899. The van der Waals surface area contributed by atoms with Crippen molar-refractivity contribution in [1.29, 1.82) is 0 Å². The highest BCUT2D eigenvalue weighted by Gasteiger charge is 2.51. The van der Waals surface area contributed by atoms with Gasteiger partial charge in [0.1, 0.15) is 76.7 Å². The number of aromatic hydroxyl groups is 2. The normalized spacial score (nSPS) is 26.6. The van der Waals surface area contributed by atoms with E-state index in [0.29, 0.717) is 84.4 Å². The number of pyridine rings is 2. The number of halogens is 4. The van der Waals surface area contributed by atoms with Crippen molar-refractivity contribution in [2.75, 3.05) is 75.4 Å². The van der Waals surface area contributed by atoms with Gasteiger partial charge in [0, 0.05) is 77.1 Å². The first kappa shape index (κ1) is 57.5. The summed E-state index contributed by atoms with van der Waals surface area (Å²) in [6.45, 7) is 11.2. The lowest BCUT2D eigenvalue weighted by atomic mass is 9.95. The van der Waals surface area contributed by atoms with Crippen molar-refractivity contribution in [3.63, 3.8) is 0 Å². The Kier molecular flexibility index (Phi) is 14.4. The Morgan fingerprint density at radius 2 is 1.08 bits per heavy atom. The molecule has 4 aromatic carbocycles. The molecule has 1 aliphatic carbocycles. The van der Waals surface area contributed by atoms with E-state index >= 15 is 8.78 Å². The highest BCUT2D eigenvalue weighted by molar-refractivity contribution is 6.01. The second-order valence-corrected chi connectivity index (χ2v) is 27.3. The molecule has 1 amide bonds. The summed E-state index contributed by atoms with van der Waals surface area (Å²) in [5, 5.41) is 25.0. The van der Waals surface area contributed by atoms with Gasteiger partial charge in [0.05, 0.1) is 33.9 Å². The number of hydrogen-bond acceptors (Lipinski definition) is 16. The highest BCUT2D eigenvalue weighted by atomic mass is 19.1. The van der Waals surface area contributed by atoms with Gasteiger partial charge in [-0.05, 0) is 149 Å². The maximum Gasteiger partial charge on any atom is 0.410 e. The highest BCUT2D eigenvalue weighted by Crippen LogP contribution is 2.46. The summed E-state index contributed by atoms with van der Waals surface area (Å²) < 4.78 is 80.6. The summed E-state index contributed by atoms with van der Waals surface area (Å²) >= 11 is 0. The topological polar surface area (TPSA) is 179 Å². The smallest absolute Gasteiger partial charge is 0.410 e. The van der Waals surface area contributed by atoms with E-state index in [1.165, 1.54) is 25.3 Å². The minimum atomic E-state index is -0.915. The van der Waals surface area contributed by atoms with Crippen molar-refractivity contribution in [2.24, 2.45) is 11.8 Å². The second-order valence-electron chi connectivity index (χ2n) is 27.3. The van der Waals surface area contributed by atoms with Gasteiger partial charge in [-0.2, -0.15) is 19.9 Å². The Labute approximate surface area is 514 Å². The average Bonchev–Trinajstić information content (AvgIpc) is 1.26. The number of nitrogens with zero attached hydrogens (tertiary/aromatic N) is 11. The van der Waals surface area contributed by atoms with Gasteiger partial charge in [0.15, 0.2) is 11.6 Å². The first-order valence-corrected chi connectivity index (χ1v) is 31.7. The van der Waals surface area contributed by atoms with Crippen LogP contribution in [0.1, 0.15) is 92.8 Å². The zero-order valence-corrected chi connectivity index (χ0v) is 50.4. The Morgan fingerprint density at radius 1 is 0.618 bits per heavy atom. The summed E-state index contributed by atoms with van der Waals surface area (Å²) in [6.07, 6.45) is 10.9. The van der Waals surface area contributed by atoms with E-state index in [0.717, 1.165) is 86.2 Å². The number of anilines is 2. The van der Waals surface area contributed by atoms with Crippen LogP contribution in [0.15, 0.2) is 85.2 Å². The molecule has 0 spiro atoms. The summed E-state index contributed by atoms with van der Waals surface area (Å²) in [6, 6.07) is 21.2. The molecule has 4 unspecified atom stereocenters. The maximum absolute atomic E-state index is 16.8. The van der Waals surface area contributed by atoms with E-state index in [1.54, 1.807) is 30.6 Å². The second kappa shape index (κ2) is 22.2. The summed E-state index contributed by atoms with van der Waals surface area (Å²) in [7, 11) is 0. The lowest BCUT2D eigenvalue weighted by Crippen LogP contribution is -2.57. The fourth-order valence-electron chi connectivity index (χ4n) is 16.4. The number of piperazine rings is 1. The van der Waals surface area contributed by atoms with Gasteiger partial charge in [-0.1, -0.05) is 48.5 Å². The van der Waals surface area contributed by atoms with Gasteiger partial charge < -0.3 is 34.2 Å². The van der Waals surface area contributed by atoms with Crippen molar-refractivity contribution in [3.05, 3.63) is 96.8 Å². The molecular formula is C68H75F4N11O6. The predicted molar refractivity (Wildman–Crippen MR) is 333 cm³/mol. The number of ether oxygens (including phenoxy) is 3. The third kappa shape index (κ3) is 10.6. The zero-order chi connectivity index (χ0) is 61.1. The van der Waals surface area contributed by atoms with Crippen LogP contribution in [-0.4, -0.2) is 168 Å². The average molecular weight is 1220 g/mol. The van der Waals surface area contributed by atoms with E-state index < -0.39 is 35.1 Å². The van der Waals surface area contributed by atoms with Crippen LogP contribution < -0.4 is 19.3 Å². The fraction of sp³-hybridized carbons (Fsp3) is 0.485. The van der Waals surface area contributed by atoms with Crippen molar-refractivity contribution in [1.82, 2.24) is 44.6 Å². The minimum Gasteiger partial charge on any atom is -0.508 e. The molecule has 16 rings (SSSR count). The van der Waals surface area contributed by atoms with Crippen LogP contribution in [0.4, 0.5) is 34.0 Å². The summed E-state index contributed by atoms with van der Waals surface area (Å²) in [4.78, 5) is 51.8. The van der Waals surface area contributed by atoms with Crippen LogP contribution in [0.5, 0.6) is 23.5 Å². The molecule has 17 nitrogen and oxygen atoms in total. The molecule has 8 aliphatic rings. The number of phenolic OH excluding ortho intramolecular Hbond substituents is 2. The van der Waals surface area contributed by atoms with Crippen molar-refractivity contribution < 1.29 is 48.2 Å². The predicted octanol–water partition coefficient (Wildman–Crippen LogP) is 12.4. The molecule has 2 N–H and O–H groups in total. The molecule has 8 aromatic rings. The molecule has 1 saturated carbocycles. The Bertz CT molecular complexity index is 4090. The van der Waals surface area contributed by atoms with Crippen LogP contribution >= 0.6 is 0 Å².